The number of nitrogens with zero attached hydrogens (tertiary/aromatic N) is 1. The van der Waals surface area contributed by atoms with Crippen LogP contribution in [0.4, 0.5) is 5.69 Å². The van der Waals surface area contributed by atoms with Crippen LogP contribution in [0.2, 0.25) is 0 Å². The van der Waals surface area contributed by atoms with Crippen molar-refractivity contribution in [3.05, 3.63) is 59.7 Å². The minimum atomic E-state index is -0.343. The molecule has 0 N–H and O–H groups in total. The summed E-state index contributed by atoms with van der Waals surface area (Å²) in [5.74, 6) is 2.20. The fourth-order valence-electron chi connectivity index (χ4n) is 2.18. The highest BCUT2D eigenvalue weighted by molar-refractivity contribution is 8.38. The maximum absolute atomic E-state index is 11.4. The fraction of sp³-hybridized carbons (Fsp3) is 0.222. The van der Waals surface area contributed by atoms with Gasteiger partial charge in [-0.15, -0.1) is 0 Å². The molecule has 0 atom stereocenters. The molecule has 0 spiro atoms. The number of thioether (sulfide) groups is 2. The second-order valence-electron chi connectivity index (χ2n) is 5.01. The van der Waals surface area contributed by atoms with Gasteiger partial charge in [0.25, 0.3) is 0 Å². The summed E-state index contributed by atoms with van der Waals surface area (Å²) in [6.07, 6.45) is 0. The van der Waals surface area contributed by atoms with Gasteiger partial charge in [-0.25, -0.2) is 9.79 Å². The second-order valence-corrected chi connectivity index (χ2v) is 7.31. The zero-order valence-electron chi connectivity index (χ0n) is 13.2. The van der Waals surface area contributed by atoms with Crippen molar-refractivity contribution in [2.24, 2.45) is 4.99 Å². The first-order valence-corrected chi connectivity index (χ1v) is 9.47. The van der Waals surface area contributed by atoms with Crippen LogP contribution in [-0.2, 0) is 10.5 Å². The van der Waals surface area contributed by atoms with Gasteiger partial charge in [-0.05, 0) is 35.9 Å². The second kappa shape index (κ2) is 8.26. The van der Waals surface area contributed by atoms with Crippen molar-refractivity contribution < 1.29 is 14.3 Å². The molecule has 2 aromatic carbocycles. The molecular formula is C18H17NO3S2. The Morgan fingerprint density at radius 1 is 1.21 bits per heavy atom. The van der Waals surface area contributed by atoms with Crippen molar-refractivity contribution in [3.8, 4) is 5.75 Å². The summed E-state index contributed by atoms with van der Waals surface area (Å²) in [6, 6.07) is 15.2. The van der Waals surface area contributed by atoms with Crippen LogP contribution in [0.1, 0.15) is 15.9 Å². The smallest absolute Gasteiger partial charge is 0.337 e. The summed E-state index contributed by atoms with van der Waals surface area (Å²) < 4.78 is 11.4. The standard InChI is InChI=1S/C18H17NO3S2/c1-21-17(20)13-6-8-15(9-7-13)22-10-11-23-18-19-16-5-3-2-4-14(16)12-24-18/h2-9H,10-12H2,1H3. The van der Waals surface area contributed by atoms with E-state index in [-0.39, 0.29) is 5.97 Å². The largest absolute Gasteiger partial charge is 0.493 e. The van der Waals surface area contributed by atoms with E-state index in [1.807, 2.05) is 12.1 Å². The van der Waals surface area contributed by atoms with Crippen LogP contribution in [0.15, 0.2) is 53.5 Å². The number of esters is 1. The molecule has 1 heterocycles. The molecule has 2 aromatic rings. The molecule has 4 nitrogen and oxygen atoms in total. The molecule has 124 valence electrons. The molecule has 0 aliphatic carbocycles. The van der Waals surface area contributed by atoms with Crippen LogP contribution in [0, 0.1) is 0 Å². The number of ether oxygens (including phenoxy) is 2. The zero-order valence-corrected chi connectivity index (χ0v) is 14.9. The maximum atomic E-state index is 11.4. The predicted molar refractivity (Wildman–Crippen MR) is 101 cm³/mol. The monoisotopic (exact) mass is 359 g/mol. The molecular weight excluding hydrogens is 342 g/mol. The quantitative estimate of drug-likeness (QED) is 0.580. The number of benzene rings is 2. The Morgan fingerprint density at radius 3 is 2.79 bits per heavy atom. The number of aliphatic imine (C=N–C) groups is 1. The summed E-state index contributed by atoms with van der Waals surface area (Å²) in [7, 11) is 1.37. The third-order valence-corrected chi connectivity index (χ3v) is 5.62. The van der Waals surface area contributed by atoms with Gasteiger partial charge in [-0.3, -0.25) is 0 Å². The van der Waals surface area contributed by atoms with E-state index < -0.39 is 0 Å². The molecule has 3 rings (SSSR count). The molecule has 0 amide bonds. The number of rotatable bonds is 5. The van der Waals surface area contributed by atoms with E-state index in [4.69, 9.17) is 4.74 Å². The van der Waals surface area contributed by atoms with E-state index in [2.05, 4.69) is 21.9 Å². The van der Waals surface area contributed by atoms with Gasteiger partial charge in [0.05, 0.1) is 25.0 Å². The molecule has 6 heteroatoms. The zero-order chi connectivity index (χ0) is 16.8. The van der Waals surface area contributed by atoms with Gasteiger partial charge in [0.1, 0.15) is 10.1 Å². The first kappa shape index (κ1) is 16.9. The Bertz CT molecular complexity index is 744. The van der Waals surface area contributed by atoms with Gasteiger partial charge in [-0.1, -0.05) is 41.7 Å². The van der Waals surface area contributed by atoms with Gasteiger partial charge < -0.3 is 9.47 Å². The summed E-state index contributed by atoms with van der Waals surface area (Å²) in [4.78, 5) is 16.0. The maximum Gasteiger partial charge on any atom is 0.337 e. The van der Waals surface area contributed by atoms with Crippen molar-refractivity contribution in [2.45, 2.75) is 5.75 Å². The molecule has 0 bridgehead atoms. The Hall–Kier alpha value is -1.92. The highest BCUT2D eigenvalue weighted by atomic mass is 32.2. The van der Waals surface area contributed by atoms with Crippen LogP contribution in [0.5, 0.6) is 5.75 Å². The lowest BCUT2D eigenvalue weighted by Gasteiger charge is -2.14. The Balaban J connectivity index is 1.46. The highest BCUT2D eigenvalue weighted by Gasteiger charge is 2.12. The first-order chi connectivity index (χ1) is 11.8. The summed E-state index contributed by atoms with van der Waals surface area (Å²) >= 11 is 3.47. The number of fused-ring (bicyclic) bond motifs is 1. The average molecular weight is 359 g/mol. The number of carbonyl (C=O) groups excluding carboxylic acids is 1. The van der Waals surface area contributed by atoms with Crippen molar-refractivity contribution >= 4 is 39.6 Å². The normalized spacial score (nSPS) is 13.0. The van der Waals surface area contributed by atoms with E-state index >= 15 is 0 Å². The molecule has 24 heavy (non-hydrogen) atoms. The molecule has 0 saturated heterocycles. The molecule has 0 saturated carbocycles. The molecule has 1 aliphatic rings. The van der Waals surface area contributed by atoms with Crippen molar-refractivity contribution in [2.75, 3.05) is 19.5 Å². The molecule has 0 radical (unpaired) electrons. The van der Waals surface area contributed by atoms with Gasteiger partial charge >= 0.3 is 5.97 Å². The van der Waals surface area contributed by atoms with Crippen LogP contribution in [-0.4, -0.2) is 29.8 Å². The van der Waals surface area contributed by atoms with Crippen molar-refractivity contribution in [1.29, 1.82) is 0 Å². The Kier molecular flexibility index (Phi) is 5.82. The fourth-order valence-corrected chi connectivity index (χ4v) is 4.13. The van der Waals surface area contributed by atoms with E-state index in [9.17, 15) is 4.79 Å². The number of methoxy groups -OCH3 is 1. The average Bonchev–Trinajstić information content (AvgIpc) is 2.65. The third kappa shape index (κ3) is 4.33. The van der Waals surface area contributed by atoms with Gasteiger partial charge in [0.15, 0.2) is 0 Å². The van der Waals surface area contributed by atoms with Crippen LogP contribution >= 0.6 is 23.5 Å². The SMILES string of the molecule is COC(=O)c1ccc(OCCSC2=Nc3ccccc3CS2)cc1. The molecule has 0 unspecified atom stereocenters. The summed E-state index contributed by atoms with van der Waals surface area (Å²) in [6.45, 7) is 0.587. The Labute approximate surface area is 149 Å². The van der Waals surface area contributed by atoms with Gasteiger partial charge in [0, 0.05) is 11.5 Å². The van der Waals surface area contributed by atoms with E-state index in [1.165, 1.54) is 12.7 Å². The lowest BCUT2D eigenvalue weighted by atomic mass is 10.2. The van der Waals surface area contributed by atoms with Gasteiger partial charge in [0.2, 0.25) is 0 Å². The van der Waals surface area contributed by atoms with E-state index in [0.29, 0.717) is 12.2 Å². The first-order valence-electron chi connectivity index (χ1n) is 7.49. The van der Waals surface area contributed by atoms with Crippen molar-refractivity contribution in [1.82, 2.24) is 0 Å². The number of carbonyl (C=O) groups is 1. The lowest BCUT2D eigenvalue weighted by Crippen LogP contribution is -2.04. The topological polar surface area (TPSA) is 47.9 Å². The van der Waals surface area contributed by atoms with Crippen LogP contribution < -0.4 is 4.74 Å². The number of hydrogen-bond donors (Lipinski definition) is 0. The lowest BCUT2D eigenvalue weighted by molar-refractivity contribution is 0.0600. The highest BCUT2D eigenvalue weighted by Crippen LogP contribution is 2.34. The number of para-hydroxylation sites is 1. The molecule has 0 aromatic heterocycles. The van der Waals surface area contributed by atoms with Crippen LogP contribution in [0.25, 0.3) is 0 Å². The predicted octanol–water partition coefficient (Wildman–Crippen LogP) is 4.52. The van der Waals surface area contributed by atoms with E-state index in [0.717, 1.165) is 27.3 Å². The van der Waals surface area contributed by atoms with Gasteiger partial charge in [-0.2, -0.15) is 0 Å². The van der Waals surface area contributed by atoms with Crippen molar-refractivity contribution in [3.63, 3.8) is 0 Å². The minimum Gasteiger partial charge on any atom is -0.493 e. The summed E-state index contributed by atoms with van der Waals surface area (Å²) in [5, 5.41) is 0. The van der Waals surface area contributed by atoms with E-state index in [1.54, 1.807) is 47.8 Å². The van der Waals surface area contributed by atoms with Crippen LogP contribution in [0.3, 0.4) is 0 Å². The molecule has 0 fully saturated rings. The summed E-state index contributed by atoms with van der Waals surface area (Å²) in [5.41, 5.74) is 2.87. The minimum absolute atomic E-state index is 0.343. The Morgan fingerprint density at radius 2 is 2.00 bits per heavy atom. The third-order valence-electron chi connectivity index (χ3n) is 3.41. The number of hydrogen-bond acceptors (Lipinski definition) is 6. The molecule has 1 aliphatic heterocycles.